The van der Waals surface area contributed by atoms with Crippen molar-refractivity contribution < 1.29 is 9.90 Å². The molecule has 0 aliphatic rings. The van der Waals surface area contributed by atoms with Gasteiger partial charge in [-0.15, -0.1) is 5.10 Å². The number of aryl methyl sites for hydroxylation is 3. The lowest BCUT2D eigenvalue weighted by molar-refractivity contribution is 0.0696. The summed E-state index contributed by atoms with van der Waals surface area (Å²) in [5.41, 5.74) is 2.90. The summed E-state index contributed by atoms with van der Waals surface area (Å²) >= 11 is 1.33. The van der Waals surface area contributed by atoms with Crippen LogP contribution in [0.4, 0.5) is 0 Å². The summed E-state index contributed by atoms with van der Waals surface area (Å²) in [5, 5.41) is 18.0. The molecule has 0 unspecified atom stereocenters. The number of carboxylic acids is 1. The van der Waals surface area contributed by atoms with Crippen molar-refractivity contribution in [3.63, 3.8) is 0 Å². The predicted molar refractivity (Wildman–Crippen MR) is 80.8 cm³/mol. The van der Waals surface area contributed by atoms with Gasteiger partial charge in [-0.25, -0.2) is 9.78 Å². The van der Waals surface area contributed by atoms with Crippen molar-refractivity contribution in [3.8, 4) is 0 Å². The maximum Gasteiger partial charge on any atom is 0.335 e. The molecule has 0 aliphatic carbocycles. The molecule has 1 N–H and O–H groups in total. The quantitative estimate of drug-likeness (QED) is 0.914. The highest BCUT2D eigenvalue weighted by Crippen LogP contribution is 2.26. The molecule has 0 fully saturated rings. The molecular formula is C15H17N3O2S. The third-order valence-corrected chi connectivity index (χ3v) is 3.98. The first-order valence-electron chi connectivity index (χ1n) is 6.79. The molecule has 21 heavy (non-hydrogen) atoms. The second kappa shape index (κ2) is 6.67. The Morgan fingerprint density at radius 1 is 1.19 bits per heavy atom. The van der Waals surface area contributed by atoms with Gasteiger partial charge in [-0.3, -0.25) is 0 Å². The Morgan fingerprint density at radius 2 is 1.90 bits per heavy atom. The van der Waals surface area contributed by atoms with E-state index in [1.165, 1.54) is 11.8 Å². The van der Waals surface area contributed by atoms with Gasteiger partial charge in [0, 0.05) is 4.90 Å². The number of aromatic nitrogens is 3. The standard InChI is InChI=1S/C15H17N3O2S/c1-4-12-13(5-2)17-18-15(16-12)21-10-7-6-9(3)11(8-10)14(19)20/h6-8H,4-5H2,1-3H3,(H,19,20). The Bertz CT molecular complexity index is 674. The van der Waals surface area contributed by atoms with Gasteiger partial charge in [-0.05, 0) is 49.2 Å². The number of rotatable bonds is 5. The van der Waals surface area contributed by atoms with Crippen LogP contribution in [0.5, 0.6) is 0 Å². The van der Waals surface area contributed by atoms with E-state index in [0.717, 1.165) is 34.7 Å². The van der Waals surface area contributed by atoms with E-state index in [4.69, 9.17) is 5.11 Å². The van der Waals surface area contributed by atoms with Crippen LogP contribution in [-0.2, 0) is 12.8 Å². The predicted octanol–water partition coefficient (Wildman–Crippen LogP) is 3.15. The number of hydrogen-bond acceptors (Lipinski definition) is 5. The van der Waals surface area contributed by atoms with Crippen molar-refractivity contribution >= 4 is 17.7 Å². The molecule has 1 heterocycles. The SMILES string of the molecule is CCc1nnc(Sc2ccc(C)c(C(=O)O)c2)nc1CC. The molecule has 0 spiro atoms. The lowest BCUT2D eigenvalue weighted by Gasteiger charge is -2.07. The van der Waals surface area contributed by atoms with Crippen LogP contribution in [0.25, 0.3) is 0 Å². The Hall–Kier alpha value is -1.95. The van der Waals surface area contributed by atoms with E-state index in [1.807, 2.05) is 19.9 Å². The fourth-order valence-electron chi connectivity index (χ4n) is 1.96. The van der Waals surface area contributed by atoms with Gasteiger partial charge >= 0.3 is 5.97 Å². The van der Waals surface area contributed by atoms with E-state index in [2.05, 4.69) is 15.2 Å². The van der Waals surface area contributed by atoms with Crippen molar-refractivity contribution in [1.29, 1.82) is 0 Å². The maximum absolute atomic E-state index is 11.2. The number of carboxylic acid groups (broad SMARTS) is 1. The molecule has 2 rings (SSSR count). The number of nitrogens with zero attached hydrogens (tertiary/aromatic N) is 3. The highest BCUT2D eigenvalue weighted by atomic mass is 32.2. The van der Waals surface area contributed by atoms with Gasteiger partial charge in [0.25, 0.3) is 0 Å². The first-order chi connectivity index (χ1) is 10.0. The Morgan fingerprint density at radius 3 is 2.52 bits per heavy atom. The number of carbonyl (C=O) groups is 1. The molecule has 0 atom stereocenters. The van der Waals surface area contributed by atoms with E-state index in [9.17, 15) is 4.79 Å². The van der Waals surface area contributed by atoms with Crippen LogP contribution in [0.1, 0.15) is 41.2 Å². The summed E-state index contributed by atoms with van der Waals surface area (Å²) in [6.07, 6.45) is 1.61. The zero-order valence-corrected chi connectivity index (χ0v) is 13.1. The molecule has 0 saturated heterocycles. The molecule has 0 radical (unpaired) electrons. The van der Waals surface area contributed by atoms with Gasteiger partial charge in [0.15, 0.2) is 0 Å². The molecule has 0 bridgehead atoms. The average molecular weight is 303 g/mol. The summed E-state index contributed by atoms with van der Waals surface area (Å²) in [5.74, 6) is -0.926. The molecule has 1 aromatic carbocycles. The van der Waals surface area contributed by atoms with E-state index >= 15 is 0 Å². The normalized spacial score (nSPS) is 10.6. The summed E-state index contributed by atoms with van der Waals surface area (Å²) < 4.78 is 0. The molecule has 2 aromatic rings. The van der Waals surface area contributed by atoms with Gasteiger partial charge in [-0.1, -0.05) is 19.9 Å². The highest BCUT2D eigenvalue weighted by Gasteiger charge is 2.11. The van der Waals surface area contributed by atoms with Gasteiger partial charge in [-0.2, -0.15) is 5.10 Å². The Labute approximate surface area is 127 Å². The monoisotopic (exact) mass is 303 g/mol. The van der Waals surface area contributed by atoms with Crippen LogP contribution < -0.4 is 0 Å². The number of hydrogen-bond donors (Lipinski definition) is 1. The van der Waals surface area contributed by atoms with E-state index in [-0.39, 0.29) is 0 Å². The van der Waals surface area contributed by atoms with Crippen LogP contribution >= 0.6 is 11.8 Å². The average Bonchev–Trinajstić information content (AvgIpc) is 2.48. The van der Waals surface area contributed by atoms with Crippen molar-refractivity contribution in [2.45, 2.75) is 43.7 Å². The fourth-order valence-corrected chi connectivity index (χ4v) is 2.73. The van der Waals surface area contributed by atoms with Crippen molar-refractivity contribution in [1.82, 2.24) is 15.2 Å². The molecule has 0 saturated carbocycles. The third kappa shape index (κ3) is 3.58. The second-order valence-corrected chi connectivity index (χ2v) is 5.62. The largest absolute Gasteiger partial charge is 0.478 e. The van der Waals surface area contributed by atoms with Crippen LogP contribution in [0.2, 0.25) is 0 Å². The van der Waals surface area contributed by atoms with Gasteiger partial charge < -0.3 is 5.11 Å². The van der Waals surface area contributed by atoms with Gasteiger partial charge in [0.05, 0.1) is 17.0 Å². The molecule has 110 valence electrons. The van der Waals surface area contributed by atoms with E-state index in [0.29, 0.717) is 10.7 Å². The molecule has 1 aromatic heterocycles. The first kappa shape index (κ1) is 15.4. The zero-order valence-electron chi connectivity index (χ0n) is 12.3. The van der Waals surface area contributed by atoms with Crippen molar-refractivity contribution in [2.75, 3.05) is 0 Å². The molecule has 6 heteroatoms. The van der Waals surface area contributed by atoms with Crippen LogP contribution in [-0.4, -0.2) is 26.3 Å². The Balaban J connectivity index is 2.30. The van der Waals surface area contributed by atoms with Crippen LogP contribution in [0, 0.1) is 6.92 Å². The van der Waals surface area contributed by atoms with Gasteiger partial charge in [0.1, 0.15) is 0 Å². The number of aromatic carboxylic acids is 1. The van der Waals surface area contributed by atoms with Crippen LogP contribution in [0.3, 0.4) is 0 Å². The fraction of sp³-hybridized carbons (Fsp3) is 0.333. The lowest BCUT2D eigenvalue weighted by atomic mass is 10.1. The highest BCUT2D eigenvalue weighted by molar-refractivity contribution is 7.99. The van der Waals surface area contributed by atoms with Crippen molar-refractivity contribution in [2.24, 2.45) is 0 Å². The van der Waals surface area contributed by atoms with E-state index < -0.39 is 5.97 Å². The minimum absolute atomic E-state index is 0.300. The van der Waals surface area contributed by atoms with Crippen LogP contribution in [0.15, 0.2) is 28.3 Å². The Kier molecular flexibility index (Phi) is 4.90. The minimum Gasteiger partial charge on any atom is -0.478 e. The molecule has 0 amide bonds. The summed E-state index contributed by atoms with van der Waals surface area (Å²) in [6, 6.07) is 5.31. The summed E-state index contributed by atoms with van der Waals surface area (Å²) in [7, 11) is 0. The van der Waals surface area contributed by atoms with E-state index in [1.54, 1.807) is 19.1 Å². The third-order valence-electron chi connectivity index (χ3n) is 3.14. The maximum atomic E-state index is 11.2. The van der Waals surface area contributed by atoms with Gasteiger partial charge in [0.2, 0.25) is 5.16 Å². The molecule has 5 nitrogen and oxygen atoms in total. The summed E-state index contributed by atoms with van der Waals surface area (Å²) in [4.78, 5) is 16.5. The first-order valence-corrected chi connectivity index (χ1v) is 7.61. The second-order valence-electron chi connectivity index (χ2n) is 4.58. The summed E-state index contributed by atoms with van der Waals surface area (Å²) in [6.45, 7) is 5.84. The molecular weight excluding hydrogens is 286 g/mol. The lowest BCUT2D eigenvalue weighted by Crippen LogP contribution is -2.04. The zero-order chi connectivity index (χ0) is 15.4. The molecule has 0 aliphatic heterocycles. The topological polar surface area (TPSA) is 76.0 Å². The minimum atomic E-state index is -0.926. The smallest absolute Gasteiger partial charge is 0.335 e. The number of benzene rings is 1. The van der Waals surface area contributed by atoms with Crippen molar-refractivity contribution in [3.05, 3.63) is 40.7 Å².